The third-order valence-electron chi connectivity index (χ3n) is 7.12. The third-order valence-corrected chi connectivity index (χ3v) is 7.12. The molecule has 1 saturated carbocycles. The van der Waals surface area contributed by atoms with Gasteiger partial charge in [0, 0.05) is 38.1 Å². The fourth-order valence-corrected chi connectivity index (χ4v) is 5.70. The van der Waals surface area contributed by atoms with Crippen LogP contribution in [0.3, 0.4) is 0 Å². The minimum atomic E-state index is -1.17. The van der Waals surface area contributed by atoms with E-state index in [1.807, 2.05) is 59.5 Å². The number of hydrogen-bond donors (Lipinski definition) is 1. The Labute approximate surface area is 189 Å². The molecule has 1 saturated heterocycles. The average molecular weight is 435 g/mol. The molecule has 6 heteroatoms. The first-order valence-corrected chi connectivity index (χ1v) is 11.1. The van der Waals surface area contributed by atoms with Gasteiger partial charge in [-0.1, -0.05) is 48.5 Å². The van der Waals surface area contributed by atoms with Crippen molar-refractivity contribution in [3.63, 3.8) is 0 Å². The van der Waals surface area contributed by atoms with E-state index in [-0.39, 0.29) is 23.7 Å². The zero-order chi connectivity index (χ0) is 22.7. The standard InChI is InChI=1S/C26H30N2O4/c1-31-23-11-7-6-10-21(23)26(30)15-18(12-13-27)14-20-16-28(17-22(20)26)25(29)24(32-2)19-8-4-3-5-9-19/h3-11,18,20,22,24,30H,12,14-17H2,1-2H3/t18-,20+,22-,24?,26-/m1/s1. The number of amides is 1. The molecule has 5 atom stereocenters. The number of aliphatic hydroxyl groups is 1. The van der Waals surface area contributed by atoms with Crippen LogP contribution in [0.5, 0.6) is 5.75 Å². The SMILES string of the molecule is COc1ccccc1[C@]1(O)C[C@H](CC#N)C[C@H]2CN(C(=O)C(OC)c3ccccc3)C[C@H]21. The van der Waals surface area contributed by atoms with Crippen LogP contribution in [-0.4, -0.2) is 43.2 Å². The Morgan fingerprint density at radius 2 is 1.91 bits per heavy atom. The van der Waals surface area contributed by atoms with Crippen LogP contribution in [0.4, 0.5) is 0 Å². The second kappa shape index (κ2) is 9.32. The van der Waals surface area contributed by atoms with Crippen molar-refractivity contribution >= 4 is 5.91 Å². The first-order chi connectivity index (χ1) is 15.5. The summed E-state index contributed by atoms with van der Waals surface area (Å²) in [5.74, 6) is 0.585. The summed E-state index contributed by atoms with van der Waals surface area (Å²) >= 11 is 0. The molecule has 1 aliphatic carbocycles. The number of para-hydroxylation sites is 1. The fourth-order valence-electron chi connectivity index (χ4n) is 5.70. The van der Waals surface area contributed by atoms with Crippen LogP contribution in [0.15, 0.2) is 54.6 Å². The van der Waals surface area contributed by atoms with Gasteiger partial charge in [-0.05, 0) is 36.3 Å². The van der Waals surface area contributed by atoms with Gasteiger partial charge in [-0.25, -0.2) is 0 Å². The van der Waals surface area contributed by atoms with E-state index in [9.17, 15) is 15.2 Å². The molecule has 2 aromatic rings. The summed E-state index contributed by atoms with van der Waals surface area (Å²) in [6, 6.07) is 19.3. The van der Waals surface area contributed by atoms with Crippen molar-refractivity contribution in [1.29, 1.82) is 5.26 Å². The molecule has 0 radical (unpaired) electrons. The molecule has 2 fully saturated rings. The summed E-state index contributed by atoms with van der Waals surface area (Å²) < 4.78 is 11.1. The maximum absolute atomic E-state index is 13.4. The summed E-state index contributed by atoms with van der Waals surface area (Å²) in [6.07, 6.45) is 1.02. The van der Waals surface area contributed by atoms with E-state index in [0.717, 1.165) is 17.5 Å². The number of hydrogen-bond acceptors (Lipinski definition) is 5. The molecule has 1 heterocycles. The molecule has 6 nitrogen and oxygen atoms in total. The number of fused-ring (bicyclic) bond motifs is 1. The normalized spacial score (nSPS) is 27.9. The largest absolute Gasteiger partial charge is 0.496 e. The molecule has 168 valence electrons. The van der Waals surface area contributed by atoms with Gasteiger partial charge in [0.25, 0.3) is 5.91 Å². The number of carbonyl (C=O) groups excluding carboxylic acids is 1. The molecule has 0 aromatic heterocycles. The van der Waals surface area contributed by atoms with Crippen molar-refractivity contribution in [2.24, 2.45) is 17.8 Å². The zero-order valence-electron chi connectivity index (χ0n) is 18.6. The van der Waals surface area contributed by atoms with E-state index in [0.29, 0.717) is 31.7 Å². The van der Waals surface area contributed by atoms with Crippen LogP contribution < -0.4 is 4.74 Å². The number of likely N-dealkylation sites (tertiary alicyclic amines) is 1. The second-order valence-corrected chi connectivity index (χ2v) is 8.93. The molecule has 0 spiro atoms. The van der Waals surface area contributed by atoms with Gasteiger partial charge in [0.05, 0.1) is 18.8 Å². The van der Waals surface area contributed by atoms with Crippen LogP contribution in [0.1, 0.15) is 36.5 Å². The van der Waals surface area contributed by atoms with Gasteiger partial charge in [0.2, 0.25) is 0 Å². The van der Waals surface area contributed by atoms with Crippen molar-refractivity contribution in [2.45, 2.75) is 31.0 Å². The van der Waals surface area contributed by atoms with Crippen molar-refractivity contribution in [3.05, 3.63) is 65.7 Å². The number of ether oxygens (including phenoxy) is 2. The lowest BCUT2D eigenvalue weighted by atomic mass is 9.63. The van der Waals surface area contributed by atoms with Crippen LogP contribution in [0.25, 0.3) is 0 Å². The molecule has 1 amide bonds. The summed E-state index contributed by atoms with van der Waals surface area (Å²) in [4.78, 5) is 15.3. The van der Waals surface area contributed by atoms with Crippen LogP contribution in [0.2, 0.25) is 0 Å². The van der Waals surface area contributed by atoms with Gasteiger partial charge in [0.15, 0.2) is 6.10 Å². The predicted molar refractivity (Wildman–Crippen MR) is 120 cm³/mol. The summed E-state index contributed by atoms with van der Waals surface area (Å²) in [6.45, 7) is 1.000. The maximum Gasteiger partial charge on any atom is 0.256 e. The Bertz CT molecular complexity index is 989. The molecule has 1 N–H and O–H groups in total. The highest BCUT2D eigenvalue weighted by Gasteiger charge is 2.54. The number of carbonyl (C=O) groups is 1. The van der Waals surface area contributed by atoms with E-state index in [4.69, 9.17) is 9.47 Å². The van der Waals surface area contributed by atoms with Gasteiger partial charge in [0.1, 0.15) is 5.75 Å². The summed E-state index contributed by atoms with van der Waals surface area (Å²) in [5.41, 5.74) is 0.388. The summed E-state index contributed by atoms with van der Waals surface area (Å²) in [5, 5.41) is 21.4. The smallest absolute Gasteiger partial charge is 0.256 e. The molecule has 1 aliphatic heterocycles. The molecule has 32 heavy (non-hydrogen) atoms. The number of rotatable bonds is 6. The van der Waals surface area contributed by atoms with Crippen molar-refractivity contribution in [1.82, 2.24) is 4.90 Å². The zero-order valence-corrected chi connectivity index (χ0v) is 18.6. The monoisotopic (exact) mass is 434 g/mol. The number of nitriles is 1. The predicted octanol–water partition coefficient (Wildman–Crippen LogP) is 3.67. The van der Waals surface area contributed by atoms with Gasteiger partial charge in [-0.2, -0.15) is 5.26 Å². The van der Waals surface area contributed by atoms with Gasteiger partial charge in [-0.15, -0.1) is 0 Å². The lowest BCUT2D eigenvalue weighted by Crippen LogP contribution is -2.46. The van der Waals surface area contributed by atoms with Gasteiger partial charge in [-0.3, -0.25) is 4.79 Å². The van der Waals surface area contributed by atoms with E-state index >= 15 is 0 Å². The van der Waals surface area contributed by atoms with Gasteiger partial charge >= 0.3 is 0 Å². The minimum Gasteiger partial charge on any atom is -0.496 e. The van der Waals surface area contributed by atoms with Crippen molar-refractivity contribution in [3.8, 4) is 11.8 Å². The number of methoxy groups -OCH3 is 2. The molecule has 2 aliphatic rings. The van der Waals surface area contributed by atoms with Crippen molar-refractivity contribution < 1.29 is 19.4 Å². The Morgan fingerprint density at radius 3 is 2.59 bits per heavy atom. The molecule has 1 unspecified atom stereocenters. The lowest BCUT2D eigenvalue weighted by Gasteiger charge is -2.45. The molecule has 4 rings (SSSR count). The van der Waals surface area contributed by atoms with E-state index in [1.54, 1.807) is 14.2 Å². The highest BCUT2D eigenvalue weighted by molar-refractivity contribution is 5.82. The highest BCUT2D eigenvalue weighted by Crippen LogP contribution is 2.53. The van der Waals surface area contributed by atoms with Crippen LogP contribution in [-0.2, 0) is 15.1 Å². The van der Waals surface area contributed by atoms with Crippen molar-refractivity contribution in [2.75, 3.05) is 27.3 Å². The number of benzene rings is 2. The highest BCUT2D eigenvalue weighted by atomic mass is 16.5. The average Bonchev–Trinajstić information content (AvgIpc) is 3.26. The molecular weight excluding hydrogens is 404 g/mol. The Hall–Kier alpha value is -2.88. The van der Waals surface area contributed by atoms with E-state index in [2.05, 4.69) is 6.07 Å². The Morgan fingerprint density at radius 1 is 1.19 bits per heavy atom. The Balaban J connectivity index is 1.65. The molecule has 2 aromatic carbocycles. The quantitative estimate of drug-likeness (QED) is 0.750. The van der Waals surface area contributed by atoms with E-state index < -0.39 is 11.7 Å². The van der Waals surface area contributed by atoms with Gasteiger partial charge < -0.3 is 19.5 Å². The topological polar surface area (TPSA) is 82.8 Å². The first-order valence-electron chi connectivity index (χ1n) is 11.1. The Kier molecular flexibility index (Phi) is 6.50. The third kappa shape index (κ3) is 3.99. The number of nitrogens with zero attached hydrogens (tertiary/aromatic N) is 2. The lowest BCUT2D eigenvalue weighted by molar-refractivity contribution is -0.142. The maximum atomic E-state index is 13.4. The summed E-state index contributed by atoms with van der Waals surface area (Å²) in [7, 11) is 3.15. The molecule has 0 bridgehead atoms. The van der Waals surface area contributed by atoms with Crippen LogP contribution in [0, 0.1) is 29.1 Å². The minimum absolute atomic E-state index is 0.0681. The second-order valence-electron chi connectivity index (χ2n) is 8.93. The molecular formula is C26H30N2O4. The van der Waals surface area contributed by atoms with Crippen LogP contribution >= 0.6 is 0 Å². The fraction of sp³-hybridized carbons (Fsp3) is 0.462. The van der Waals surface area contributed by atoms with E-state index in [1.165, 1.54) is 0 Å². The first kappa shape index (κ1) is 22.3.